The molecule has 8 heteroatoms. The number of ether oxygens (including phenoxy) is 2. The Kier molecular flexibility index (Phi) is 9.91. The second-order valence-electron chi connectivity index (χ2n) is 6.06. The molecule has 0 saturated carbocycles. The number of rotatable bonds is 11. The number of likely N-dealkylation sites (N-methyl/N-ethyl adjacent to an activating group) is 1. The first-order chi connectivity index (χ1) is 10.5. The number of carbonyl (C=O) groups is 1. The molecule has 0 aliphatic heterocycles. The van der Waals surface area contributed by atoms with Crippen LogP contribution in [0, 0.1) is 5.92 Å². The van der Waals surface area contributed by atoms with E-state index in [-0.39, 0.29) is 25.2 Å². The lowest BCUT2D eigenvalue weighted by Crippen LogP contribution is -2.43. The molecule has 0 aliphatic rings. The lowest BCUT2D eigenvalue weighted by Gasteiger charge is -2.27. The highest BCUT2D eigenvalue weighted by molar-refractivity contribution is 7.88. The number of sulfonamides is 1. The van der Waals surface area contributed by atoms with Crippen LogP contribution < -0.4 is 5.73 Å². The second kappa shape index (κ2) is 10.2. The lowest BCUT2D eigenvalue weighted by atomic mass is 10.0. The predicted octanol–water partition coefficient (Wildman–Crippen LogP) is 0.978. The topological polar surface area (TPSA) is 98.9 Å². The van der Waals surface area contributed by atoms with E-state index in [2.05, 4.69) is 0 Å². The van der Waals surface area contributed by atoms with Gasteiger partial charge in [0, 0.05) is 13.1 Å². The number of hydrogen-bond donors (Lipinski definition) is 1. The molecule has 138 valence electrons. The highest BCUT2D eigenvalue weighted by atomic mass is 32.2. The van der Waals surface area contributed by atoms with Gasteiger partial charge >= 0.3 is 5.97 Å². The highest BCUT2D eigenvalue weighted by Crippen LogP contribution is 2.09. The average Bonchev–Trinajstić information content (AvgIpc) is 2.45. The minimum absolute atomic E-state index is 0.0207. The normalized spacial score (nSPS) is 16.4. The van der Waals surface area contributed by atoms with Crippen molar-refractivity contribution < 1.29 is 22.7 Å². The molecule has 0 aromatic heterocycles. The summed E-state index contributed by atoms with van der Waals surface area (Å²) >= 11 is 0. The van der Waals surface area contributed by atoms with Gasteiger partial charge in [0.2, 0.25) is 10.0 Å². The Bertz CT molecular complexity index is 453. The summed E-state index contributed by atoms with van der Waals surface area (Å²) in [5, 5.41) is 0. The number of esters is 1. The first-order valence-electron chi connectivity index (χ1n) is 8.05. The fourth-order valence-electron chi connectivity index (χ4n) is 2.00. The molecule has 3 atom stereocenters. The van der Waals surface area contributed by atoms with Crippen molar-refractivity contribution in [3.63, 3.8) is 0 Å². The zero-order valence-corrected chi connectivity index (χ0v) is 15.9. The second-order valence-corrected chi connectivity index (χ2v) is 8.04. The van der Waals surface area contributed by atoms with E-state index in [4.69, 9.17) is 15.2 Å². The smallest absolute Gasteiger partial charge is 0.323 e. The Morgan fingerprint density at radius 1 is 1.22 bits per heavy atom. The fourth-order valence-corrected chi connectivity index (χ4v) is 2.91. The van der Waals surface area contributed by atoms with Crippen molar-refractivity contribution >= 4 is 16.0 Å². The van der Waals surface area contributed by atoms with Gasteiger partial charge in [-0.25, -0.2) is 8.42 Å². The van der Waals surface area contributed by atoms with Gasteiger partial charge in [0.1, 0.15) is 18.8 Å². The van der Waals surface area contributed by atoms with E-state index in [1.54, 1.807) is 6.92 Å². The van der Waals surface area contributed by atoms with E-state index in [9.17, 15) is 13.2 Å². The van der Waals surface area contributed by atoms with Crippen LogP contribution in [0.25, 0.3) is 0 Å². The van der Waals surface area contributed by atoms with Gasteiger partial charge in [-0.3, -0.25) is 4.79 Å². The minimum atomic E-state index is -3.33. The summed E-state index contributed by atoms with van der Waals surface area (Å²) in [6.07, 6.45) is 1.28. The molecule has 2 N–H and O–H groups in total. The third-order valence-electron chi connectivity index (χ3n) is 3.63. The van der Waals surface area contributed by atoms with Crippen molar-refractivity contribution in [3.8, 4) is 0 Å². The van der Waals surface area contributed by atoms with Crippen molar-refractivity contribution in [1.29, 1.82) is 0 Å². The Morgan fingerprint density at radius 3 is 2.17 bits per heavy atom. The third kappa shape index (κ3) is 8.64. The Balaban J connectivity index is 4.77. The van der Waals surface area contributed by atoms with Crippen molar-refractivity contribution in [2.45, 2.75) is 59.3 Å². The molecule has 23 heavy (non-hydrogen) atoms. The van der Waals surface area contributed by atoms with Crippen LogP contribution >= 0.6 is 0 Å². The average molecular weight is 352 g/mol. The molecule has 0 rings (SSSR count). The zero-order chi connectivity index (χ0) is 18.2. The van der Waals surface area contributed by atoms with E-state index in [1.807, 2.05) is 27.7 Å². The molecule has 0 bridgehead atoms. The maximum absolute atomic E-state index is 12.0. The van der Waals surface area contributed by atoms with Gasteiger partial charge in [0.05, 0.1) is 12.4 Å². The van der Waals surface area contributed by atoms with Crippen LogP contribution in [0.15, 0.2) is 0 Å². The number of carbonyl (C=O) groups excluding carboxylic acids is 1. The van der Waals surface area contributed by atoms with E-state index in [1.165, 1.54) is 4.31 Å². The molecule has 0 aliphatic carbocycles. The summed E-state index contributed by atoms with van der Waals surface area (Å²) in [6, 6.07) is -0.683. The summed E-state index contributed by atoms with van der Waals surface area (Å²) in [5.41, 5.74) is 5.83. The van der Waals surface area contributed by atoms with Crippen molar-refractivity contribution in [2.24, 2.45) is 11.7 Å². The van der Waals surface area contributed by atoms with Gasteiger partial charge in [-0.15, -0.1) is 0 Å². The molecule has 0 fully saturated rings. The van der Waals surface area contributed by atoms with Gasteiger partial charge in [0.15, 0.2) is 0 Å². The summed E-state index contributed by atoms with van der Waals surface area (Å²) in [7, 11) is -3.33. The summed E-state index contributed by atoms with van der Waals surface area (Å²) in [4.78, 5) is 12.0. The Morgan fingerprint density at radius 2 is 1.78 bits per heavy atom. The van der Waals surface area contributed by atoms with Gasteiger partial charge < -0.3 is 15.2 Å². The summed E-state index contributed by atoms with van der Waals surface area (Å²) < 4.78 is 35.6. The number of nitrogens with two attached hydrogens (primary N) is 1. The van der Waals surface area contributed by atoms with Crippen LogP contribution in [0.1, 0.15) is 41.0 Å². The van der Waals surface area contributed by atoms with E-state index in [0.717, 1.165) is 12.7 Å². The molecule has 0 saturated heterocycles. The first-order valence-corrected chi connectivity index (χ1v) is 9.90. The molecule has 0 amide bonds. The largest absolute Gasteiger partial charge is 0.462 e. The van der Waals surface area contributed by atoms with Gasteiger partial charge in [0.25, 0.3) is 0 Å². The quantitative estimate of drug-likeness (QED) is 0.557. The van der Waals surface area contributed by atoms with Crippen LogP contribution in [0.4, 0.5) is 0 Å². The Hall–Kier alpha value is -0.700. The monoisotopic (exact) mass is 352 g/mol. The van der Waals surface area contributed by atoms with Crippen LogP contribution in [-0.4, -0.2) is 62.9 Å². The maximum atomic E-state index is 12.0. The number of hydrogen-bond acceptors (Lipinski definition) is 6. The zero-order valence-electron chi connectivity index (χ0n) is 15.1. The van der Waals surface area contributed by atoms with Gasteiger partial charge in [-0.05, 0) is 19.8 Å². The standard InChI is InChI=1S/C15H32N2O5S/c1-7-12(5)14(16)15(18)21-10-13(22-11(3)4)9-17(8-2)23(6,19)20/h11-14H,7-10,16H2,1-6H3/t12-,13-,14-/m0/s1. The van der Waals surface area contributed by atoms with E-state index >= 15 is 0 Å². The number of nitrogens with zero attached hydrogens (tertiary/aromatic N) is 1. The minimum Gasteiger partial charge on any atom is -0.462 e. The van der Waals surface area contributed by atoms with Crippen LogP contribution in [0.2, 0.25) is 0 Å². The molecule has 7 nitrogen and oxygen atoms in total. The van der Waals surface area contributed by atoms with Crippen LogP contribution in [0.5, 0.6) is 0 Å². The molecule has 0 unspecified atom stereocenters. The molecule has 0 spiro atoms. The van der Waals surface area contributed by atoms with E-state index in [0.29, 0.717) is 6.54 Å². The third-order valence-corrected chi connectivity index (χ3v) is 4.98. The molecule has 0 aromatic rings. The van der Waals surface area contributed by atoms with E-state index < -0.39 is 28.1 Å². The predicted molar refractivity (Wildman–Crippen MR) is 90.5 cm³/mol. The summed E-state index contributed by atoms with van der Waals surface area (Å²) in [6.45, 7) is 9.72. The molecule has 0 radical (unpaired) electrons. The fraction of sp³-hybridized carbons (Fsp3) is 0.933. The molecule has 0 heterocycles. The van der Waals surface area contributed by atoms with Crippen LogP contribution in [0.3, 0.4) is 0 Å². The van der Waals surface area contributed by atoms with Gasteiger partial charge in [-0.2, -0.15) is 4.31 Å². The van der Waals surface area contributed by atoms with Gasteiger partial charge in [-0.1, -0.05) is 27.2 Å². The highest BCUT2D eigenvalue weighted by Gasteiger charge is 2.25. The lowest BCUT2D eigenvalue weighted by molar-refractivity contribution is -0.152. The molecular formula is C15H32N2O5S. The van der Waals surface area contributed by atoms with Crippen molar-refractivity contribution in [2.75, 3.05) is 26.0 Å². The Labute approximate surface area is 140 Å². The van der Waals surface area contributed by atoms with Crippen molar-refractivity contribution in [3.05, 3.63) is 0 Å². The molecular weight excluding hydrogens is 320 g/mol. The van der Waals surface area contributed by atoms with Crippen molar-refractivity contribution in [1.82, 2.24) is 4.31 Å². The SMILES string of the molecule is CC[C@H](C)[C@H](N)C(=O)OC[C@H](CN(CC)S(C)(=O)=O)OC(C)C. The first kappa shape index (κ1) is 22.3. The summed E-state index contributed by atoms with van der Waals surface area (Å²) in [5.74, 6) is -0.464. The van der Waals surface area contributed by atoms with Crippen LogP contribution in [-0.2, 0) is 24.3 Å². The molecule has 0 aromatic carbocycles. The maximum Gasteiger partial charge on any atom is 0.323 e.